The molecule has 0 bridgehead atoms. The Kier molecular flexibility index (Phi) is 12.7. The van der Waals surface area contributed by atoms with E-state index in [0.717, 1.165) is 0 Å². The zero-order valence-electron chi connectivity index (χ0n) is 28.3. The zero-order chi connectivity index (χ0) is 36.5. The molecule has 2 aliphatic rings. The van der Waals surface area contributed by atoms with Gasteiger partial charge >= 0.3 is 23.9 Å². The van der Waals surface area contributed by atoms with Crippen molar-refractivity contribution in [1.29, 1.82) is 0 Å². The van der Waals surface area contributed by atoms with Gasteiger partial charge in [0, 0.05) is 6.92 Å². The number of hydrogen-bond acceptors (Lipinski definition) is 13. The lowest BCUT2D eigenvalue weighted by atomic mass is 9.97. The van der Waals surface area contributed by atoms with Crippen LogP contribution in [0.3, 0.4) is 0 Å². The molecule has 0 saturated carbocycles. The van der Waals surface area contributed by atoms with Crippen molar-refractivity contribution in [2.75, 3.05) is 6.61 Å². The highest BCUT2D eigenvalue weighted by Crippen LogP contribution is 2.34. The van der Waals surface area contributed by atoms with E-state index in [1.807, 2.05) is 0 Å². The molecule has 1 N–H and O–H groups in total. The second-order valence-electron chi connectivity index (χ2n) is 11.9. The third-order valence-electron chi connectivity index (χ3n) is 8.21. The maximum atomic E-state index is 13.3. The van der Waals surface area contributed by atoms with E-state index in [-0.39, 0.29) is 23.3 Å². The minimum atomic E-state index is -1.77. The number of ether oxygens (including phenoxy) is 8. The van der Waals surface area contributed by atoms with Gasteiger partial charge in [0.2, 0.25) is 0 Å². The van der Waals surface area contributed by atoms with Crippen LogP contribution in [-0.4, -0.2) is 97.0 Å². The third-order valence-corrected chi connectivity index (χ3v) is 8.21. The number of carbonyl (C=O) groups is 4. The predicted molar refractivity (Wildman–Crippen MR) is 178 cm³/mol. The van der Waals surface area contributed by atoms with Crippen LogP contribution >= 0.6 is 0 Å². The van der Waals surface area contributed by atoms with E-state index in [9.17, 15) is 24.3 Å². The SMILES string of the molecule is C=CCO[C@@H]1O[C@@H](C)[C@H](OC(=O)c2ccccc2)[C@@H](OC(C)=O)[C@H]1O[C@@H]1O[C@@H](C)[C@H](OC(=O)c2ccccc2)[C@@H](OC(=O)c2ccccc2)[C@H]1O. The maximum Gasteiger partial charge on any atom is 0.338 e. The first-order valence-corrected chi connectivity index (χ1v) is 16.4. The van der Waals surface area contributed by atoms with E-state index in [0.29, 0.717) is 0 Å². The molecule has 10 atom stereocenters. The fourth-order valence-corrected chi connectivity index (χ4v) is 5.75. The number of hydrogen-bond donors (Lipinski definition) is 1. The molecule has 3 aromatic carbocycles. The first kappa shape index (κ1) is 37.3. The van der Waals surface area contributed by atoms with Crippen LogP contribution in [-0.2, 0) is 42.7 Å². The topological polar surface area (TPSA) is 162 Å². The van der Waals surface area contributed by atoms with Crippen molar-refractivity contribution in [2.24, 2.45) is 0 Å². The molecule has 0 aromatic heterocycles. The molecular formula is C38H40O13. The highest BCUT2D eigenvalue weighted by atomic mass is 16.8. The Hall–Kier alpha value is -4.92. The first-order valence-electron chi connectivity index (χ1n) is 16.4. The smallest absolute Gasteiger partial charge is 0.338 e. The lowest BCUT2D eigenvalue weighted by Crippen LogP contribution is -2.65. The lowest BCUT2D eigenvalue weighted by Gasteiger charge is -2.47. The predicted octanol–water partition coefficient (Wildman–Crippen LogP) is 4.03. The maximum absolute atomic E-state index is 13.3. The van der Waals surface area contributed by atoms with Crippen molar-refractivity contribution in [3.8, 4) is 0 Å². The van der Waals surface area contributed by atoms with Crippen LogP contribution in [0.2, 0.25) is 0 Å². The molecule has 0 amide bonds. The molecule has 51 heavy (non-hydrogen) atoms. The fraction of sp³-hybridized carbons (Fsp3) is 0.368. The minimum absolute atomic E-state index is 0.0161. The number of carbonyl (C=O) groups excluding carboxylic acids is 4. The molecule has 0 spiro atoms. The molecule has 5 rings (SSSR count). The summed E-state index contributed by atoms with van der Waals surface area (Å²) < 4.78 is 47.4. The fourth-order valence-electron chi connectivity index (χ4n) is 5.75. The zero-order valence-corrected chi connectivity index (χ0v) is 28.3. The van der Waals surface area contributed by atoms with Gasteiger partial charge in [-0.05, 0) is 50.2 Å². The van der Waals surface area contributed by atoms with Gasteiger partial charge in [-0.2, -0.15) is 0 Å². The summed E-state index contributed by atoms with van der Waals surface area (Å²) in [6.45, 7) is 7.98. The Labute approximate surface area is 294 Å². The van der Waals surface area contributed by atoms with Crippen LogP contribution in [0.25, 0.3) is 0 Å². The molecule has 13 nitrogen and oxygen atoms in total. The van der Waals surface area contributed by atoms with Crippen LogP contribution < -0.4 is 0 Å². The van der Waals surface area contributed by atoms with Gasteiger partial charge in [0.1, 0.15) is 6.10 Å². The quantitative estimate of drug-likeness (QED) is 0.164. The molecule has 2 saturated heterocycles. The van der Waals surface area contributed by atoms with Crippen LogP contribution in [0.5, 0.6) is 0 Å². The van der Waals surface area contributed by atoms with Gasteiger partial charge in [0.05, 0.1) is 35.5 Å². The second kappa shape index (κ2) is 17.3. The van der Waals surface area contributed by atoms with Crippen molar-refractivity contribution in [3.63, 3.8) is 0 Å². The molecule has 270 valence electrons. The Balaban J connectivity index is 1.45. The summed E-state index contributed by atoms with van der Waals surface area (Å²) in [5, 5.41) is 11.8. The minimum Gasteiger partial charge on any atom is -0.455 e. The average Bonchev–Trinajstić information content (AvgIpc) is 3.14. The largest absolute Gasteiger partial charge is 0.455 e. The van der Waals surface area contributed by atoms with Gasteiger partial charge in [-0.15, -0.1) is 6.58 Å². The van der Waals surface area contributed by atoms with Crippen LogP contribution in [0.15, 0.2) is 104 Å². The molecule has 0 aliphatic carbocycles. The summed E-state index contributed by atoms with van der Waals surface area (Å²) >= 11 is 0. The molecule has 0 unspecified atom stereocenters. The molecule has 2 aliphatic heterocycles. The highest BCUT2D eigenvalue weighted by Gasteiger charge is 2.55. The van der Waals surface area contributed by atoms with Crippen molar-refractivity contribution >= 4 is 23.9 Å². The molecule has 13 heteroatoms. The number of rotatable bonds is 12. The summed E-state index contributed by atoms with van der Waals surface area (Å²) in [4.78, 5) is 52.1. The molecular weight excluding hydrogens is 664 g/mol. The Bertz CT molecular complexity index is 1630. The first-order chi connectivity index (χ1) is 24.6. The summed E-state index contributed by atoms with van der Waals surface area (Å²) in [6.07, 6.45) is -11.8. The summed E-state index contributed by atoms with van der Waals surface area (Å²) in [5.41, 5.74) is 0.648. The summed E-state index contributed by atoms with van der Waals surface area (Å²) in [7, 11) is 0. The van der Waals surface area contributed by atoms with Gasteiger partial charge in [-0.1, -0.05) is 60.7 Å². The van der Waals surface area contributed by atoms with E-state index in [1.165, 1.54) is 25.1 Å². The number of aliphatic hydroxyl groups is 1. The lowest BCUT2D eigenvalue weighted by molar-refractivity contribution is -0.360. The van der Waals surface area contributed by atoms with E-state index in [2.05, 4.69) is 6.58 Å². The van der Waals surface area contributed by atoms with Crippen LogP contribution in [0.1, 0.15) is 51.8 Å². The van der Waals surface area contributed by atoms with Crippen molar-refractivity contribution in [3.05, 3.63) is 120 Å². The van der Waals surface area contributed by atoms with E-state index in [1.54, 1.807) is 92.7 Å². The molecule has 2 heterocycles. The number of benzene rings is 3. The number of aliphatic hydroxyl groups excluding tert-OH is 1. The van der Waals surface area contributed by atoms with Gasteiger partial charge in [-0.3, -0.25) is 4.79 Å². The van der Waals surface area contributed by atoms with E-state index < -0.39 is 85.3 Å². The molecule has 3 aromatic rings. The van der Waals surface area contributed by atoms with Gasteiger partial charge < -0.3 is 43.0 Å². The van der Waals surface area contributed by atoms with Gasteiger partial charge in [0.25, 0.3) is 0 Å². The molecule has 2 fully saturated rings. The van der Waals surface area contributed by atoms with E-state index >= 15 is 0 Å². The summed E-state index contributed by atoms with van der Waals surface area (Å²) in [5.74, 6) is -2.99. The van der Waals surface area contributed by atoms with Crippen LogP contribution in [0, 0.1) is 0 Å². The Morgan fingerprint density at radius 3 is 1.47 bits per heavy atom. The monoisotopic (exact) mass is 704 g/mol. The molecule has 0 radical (unpaired) electrons. The van der Waals surface area contributed by atoms with Crippen molar-refractivity contribution in [1.82, 2.24) is 0 Å². The van der Waals surface area contributed by atoms with Crippen molar-refractivity contribution in [2.45, 2.75) is 82.2 Å². The third kappa shape index (κ3) is 9.25. The average molecular weight is 705 g/mol. The van der Waals surface area contributed by atoms with E-state index in [4.69, 9.17) is 37.9 Å². The number of esters is 4. The summed E-state index contributed by atoms with van der Waals surface area (Å²) in [6, 6.07) is 24.4. The van der Waals surface area contributed by atoms with Gasteiger partial charge in [0.15, 0.2) is 43.1 Å². The van der Waals surface area contributed by atoms with Crippen LogP contribution in [0.4, 0.5) is 0 Å². The Morgan fingerprint density at radius 1 is 0.627 bits per heavy atom. The normalized spacial score (nSPS) is 28.9. The Morgan fingerprint density at radius 2 is 1.04 bits per heavy atom. The van der Waals surface area contributed by atoms with Crippen molar-refractivity contribution < 1.29 is 62.2 Å². The van der Waals surface area contributed by atoms with Gasteiger partial charge in [-0.25, -0.2) is 14.4 Å². The second-order valence-corrected chi connectivity index (χ2v) is 11.9. The standard InChI is InChI=1S/C38H40O13/c1-5-21-44-38-33(32(47-24(4)39)30(23(3)46-38)49-35(42)26-17-11-7-12-18-26)51-37-28(40)31(50-36(43)27-19-13-8-14-20-27)29(22(2)45-37)48-34(41)25-15-9-6-10-16-25/h5-20,22-23,28-33,37-38,40H,1,21H2,2-4H3/t22-,23-,28+,29-,30-,31-,32+,33+,37-,38+/m0/s1. The highest BCUT2D eigenvalue weighted by molar-refractivity contribution is 5.90.